The van der Waals surface area contributed by atoms with Crippen LogP contribution in [0.5, 0.6) is 5.88 Å². The molecule has 24 heavy (non-hydrogen) atoms. The van der Waals surface area contributed by atoms with Crippen LogP contribution < -0.4 is 15.4 Å². The summed E-state index contributed by atoms with van der Waals surface area (Å²) in [5, 5.41) is 7.26. The molecule has 0 aliphatic heterocycles. The highest BCUT2D eigenvalue weighted by Crippen LogP contribution is 2.15. The molecule has 0 spiro atoms. The molecule has 0 aliphatic rings. The van der Waals surface area contributed by atoms with Crippen LogP contribution in [0.2, 0.25) is 5.02 Å². The summed E-state index contributed by atoms with van der Waals surface area (Å²) in [6.07, 6.45) is 2.68. The summed E-state index contributed by atoms with van der Waals surface area (Å²) in [5.41, 5.74) is 2.02. The quantitative estimate of drug-likeness (QED) is 0.596. The first-order valence-corrected chi connectivity index (χ1v) is 8.37. The van der Waals surface area contributed by atoms with Gasteiger partial charge in [0, 0.05) is 36.9 Å². The van der Waals surface area contributed by atoms with E-state index in [1.54, 1.807) is 13.2 Å². The SMILES string of the molecule is CCCOc1ncccc1CNC(=NC)NCc1ccccc1Cl. The summed E-state index contributed by atoms with van der Waals surface area (Å²) in [6, 6.07) is 11.6. The fraction of sp³-hybridized carbons (Fsp3) is 0.333. The maximum Gasteiger partial charge on any atom is 0.218 e. The first kappa shape index (κ1) is 18.1. The lowest BCUT2D eigenvalue weighted by atomic mass is 10.2. The van der Waals surface area contributed by atoms with Gasteiger partial charge in [0.15, 0.2) is 5.96 Å². The number of pyridine rings is 1. The van der Waals surface area contributed by atoms with Gasteiger partial charge in [-0.25, -0.2) is 4.98 Å². The molecule has 0 aliphatic carbocycles. The largest absolute Gasteiger partial charge is 0.477 e. The van der Waals surface area contributed by atoms with Gasteiger partial charge >= 0.3 is 0 Å². The number of guanidine groups is 1. The normalized spacial score (nSPS) is 11.2. The van der Waals surface area contributed by atoms with Crippen molar-refractivity contribution in [1.82, 2.24) is 15.6 Å². The molecule has 6 heteroatoms. The van der Waals surface area contributed by atoms with Gasteiger partial charge in [-0.15, -0.1) is 0 Å². The average molecular weight is 347 g/mol. The Labute approximate surface area is 148 Å². The van der Waals surface area contributed by atoms with Gasteiger partial charge in [0.1, 0.15) is 0 Å². The van der Waals surface area contributed by atoms with Crippen LogP contribution in [0.15, 0.2) is 47.6 Å². The molecule has 1 aromatic heterocycles. The molecule has 128 valence electrons. The Balaban J connectivity index is 1.91. The second kappa shape index (κ2) is 9.78. The van der Waals surface area contributed by atoms with Gasteiger partial charge in [-0.3, -0.25) is 4.99 Å². The van der Waals surface area contributed by atoms with E-state index in [9.17, 15) is 0 Å². The minimum atomic E-state index is 0.578. The molecular formula is C18H23ClN4O. The molecule has 1 heterocycles. The molecule has 5 nitrogen and oxygen atoms in total. The number of aromatic nitrogens is 1. The maximum absolute atomic E-state index is 6.17. The molecule has 2 aromatic rings. The third-order valence-electron chi connectivity index (χ3n) is 3.37. The van der Waals surface area contributed by atoms with Crippen molar-refractivity contribution in [2.24, 2.45) is 4.99 Å². The number of nitrogens with zero attached hydrogens (tertiary/aromatic N) is 2. The van der Waals surface area contributed by atoms with Gasteiger partial charge in [-0.1, -0.05) is 42.8 Å². The highest BCUT2D eigenvalue weighted by molar-refractivity contribution is 6.31. The maximum atomic E-state index is 6.17. The van der Waals surface area contributed by atoms with Gasteiger partial charge in [0.2, 0.25) is 5.88 Å². The highest BCUT2D eigenvalue weighted by atomic mass is 35.5. The Kier molecular flexibility index (Phi) is 7.36. The zero-order valence-electron chi connectivity index (χ0n) is 14.1. The second-order valence-electron chi connectivity index (χ2n) is 5.19. The number of aliphatic imine (C=N–C) groups is 1. The Morgan fingerprint density at radius 1 is 1.12 bits per heavy atom. The van der Waals surface area contributed by atoms with Crippen LogP contribution in [-0.4, -0.2) is 24.6 Å². The fourth-order valence-corrected chi connectivity index (χ4v) is 2.31. The van der Waals surface area contributed by atoms with Crippen LogP contribution in [0.25, 0.3) is 0 Å². The summed E-state index contributed by atoms with van der Waals surface area (Å²) in [5.74, 6) is 1.36. The van der Waals surface area contributed by atoms with E-state index in [-0.39, 0.29) is 0 Å². The number of nitrogens with one attached hydrogen (secondary N) is 2. The van der Waals surface area contributed by atoms with Gasteiger partial charge < -0.3 is 15.4 Å². The van der Waals surface area contributed by atoms with E-state index in [4.69, 9.17) is 16.3 Å². The predicted molar refractivity (Wildman–Crippen MR) is 98.5 cm³/mol. The van der Waals surface area contributed by atoms with E-state index in [1.807, 2.05) is 36.4 Å². The summed E-state index contributed by atoms with van der Waals surface area (Å²) in [7, 11) is 1.74. The summed E-state index contributed by atoms with van der Waals surface area (Å²) >= 11 is 6.17. The molecule has 0 saturated carbocycles. The number of rotatable bonds is 7. The molecule has 0 amide bonds. The van der Waals surface area contributed by atoms with E-state index in [2.05, 4.69) is 27.5 Å². The van der Waals surface area contributed by atoms with Crippen molar-refractivity contribution < 1.29 is 4.74 Å². The molecule has 0 saturated heterocycles. The van der Waals surface area contributed by atoms with Gasteiger partial charge in [0.05, 0.1) is 6.61 Å². The van der Waals surface area contributed by atoms with Crippen molar-refractivity contribution in [3.8, 4) is 5.88 Å². The van der Waals surface area contributed by atoms with Crippen LogP contribution in [0.4, 0.5) is 0 Å². The van der Waals surface area contributed by atoms with Crippen molar-refractivity contribution in [3.63, 3.8) is 0 Å². The first-order valence-electron chi connectivity index (χ1n) is 7.99. The Morgan fingerprint density at radius 3 is 2.54 bits per heavy atom. The molecule has 0 bridgehead atoms. The van der Waals surface area contributed by atoms with Crippen molar-refractivity contribution in [2.45, 2.75) is 26.4 Å². The first-order chi connectivity index (χ1) is 11.7. The van der Waals surface area contributed by atoms with Crippen molar-refractivity contribution in [3.05, 3.63) is 58.7 Å². The minimum Gasteiger partial charge on any atom is -0.477 e. The fourth-order valence-electron chi connectivity index (χ4n) is 2.11. The average Bonchev–Trinajstić information content (AvgIpc) is 2.62. The lowest BCUT2D eigenvalue weighted by molar-refractivity contribution is 0.301. The molecule has 0 radical (unpaired) electrons. The molecular weight excluding hydrogens is 324 g/mol. The van der Waals surface area contributed by atoms with E-state index in [0.717, 1.165) is 22.6 Å². The van der Waals surface area contributed by atoms with Crippen molar-refractivity contribution in [1.29, 1.82) is 0 Å². The number of hydrogen-bond acceptors (Lipinski definition) is 3. The summed E-state index contributed by atoms with van der Waals surface area (Å²) < 4.78 is 5.67. The van der Waals surface area contributed by atoms with Crippen LogP contribution >= 0.6 is 11.6 Å². The minimum absolute atomic E-state index is 0.578. The summed E-state index contributed by atoms with van der Waals surface area (Å²) in [6.45, 7) is 3.91. The zero-order chi connectivity index (χ0) is 17.2. The second-order valence-corrected chi connectivity index (χ2v) is 5.59. The number of benzene rings is 1. The molecule has 1 aromatic carbocycles. The van der Waals surface area contributed by atoms with E-state index >= 15 is 0 Å². The van der Waals surface area contributed by atoms with Gasteiger partial charge in [-0.2, -0.15) is 0 Å². The van der Waals surface area contributed by atoms with E-state index < -0.39 is 0 Å². The van der Waals surface area contributed by atoms with Crippen LogP contribution in [0.3, 0.4) is 0 Å². The smallest absolute Gasteiger partial charge is 0.218 e. The number of ether oxygens (including phenoxy) is 1. The van der Waals surface area contributed by atoms with Gasteiger partial charge in [-0.05, 0) is 24.1 Å². The molecule has 0 atom stereocenters. The number of hydrogen-bond donors (Lipinski definition) is 2. The van der Waals surface area contributed by atoms with Crippen molar-refractivity contribution in [2.75, 3.05) is 13.7 Å². The number of halogens is 1. The van der Waals surface area contributed by atoms with Crippen LogP contribution in [0, 0.1) is 0 Å². The van der Waals surface area contributed by atoms with E-state index in [0.29, 0.717) is 31.5 Å². The van der Waals surface area contributed by atoms with Crippen LogP contribution in [-0.2, 0) is 13.1 Å². The third-order valence-corrected chi connectivity index (χ3v) is 3.74. The molecule has 0 unspecified atom stereocenters. The Hall–Kier alpha value is -2.27. The third kappa shape index (κ3) is 5.42. The lowest BCUT2D eigenvalue weighted by Gasteiger charge is -2.14. The monoisotopic (exact) mass is 346 g/mol. The highest BCUT2D eigenvalue weighted by Gasteiger charge is 2.06. The van der Waals surface area contributed by atoms with Crippen molar-refractivity contribution >= 4 is 17.6 Å². The standard InChI is InChI=1S/C18H23ClN4O/c1-3-11-24-17-15(8-6-10-21-17)13-23-18(20-2)22-12-14-7-4-5-9-16(14)19/h4-10H,3,11-13H2,1-2H3,(H2,20,22,23). The molecule has 2 rings (SSSR count). The van der Waals surface area contributed by atoms with Crippen LogP contribution in [0.1, 0.15) is 24.5 Å². The topological polar surface area (TPSA) is 58.5 Å². The zero-order valence-corrected chi connectivity index (χ0v) is 14.8. The van der Waals surface area contributed by atoms with E-state index in [1.165, 1.54) is 0 Å². The predicted octanol–water partition coefficient (Wildman–Crippen LogP) is 3.39. The Morgan fingerprint density at radius 2 is 1.83 bits per heavy atom. The molecule has 0 fully saturated rings. The molecule has 2 N–H and O–H groups in total. The summed E-state index contributed by atoms with van der Waals surface area (Å²) in [4.78, 5) is 8.51. The lowest BCUT2D eigenvalue weighted by Crippen LogP contribution is -2.36. The van der Waals surface area contributed by atoms with Gasteiger partial charge in [0.25, 0.3) is 0 Å². The Bertz CT molecular complexity index is 676.